The predicted octanol–water partition coefficient (Wildman–Crippen LogP) is 5.92. The molecule has 3 heteroatoms. The van der Waals surface area contributed by atoms with Crippen molar-refractivity contribution in [2.45, 2.75) is 27.2 Å². The molecule has 3 rings (SSSR count). The minimum atomic E-state index is 1.01. The summed E-state index contributed by atoms with van der Waals surface area (Å²) in [4.78, 5) is 4.62. The molecule has 0 saturated carbocycles. The number of aryl methyl sites for hydroxylation is 3. The van der Waals surface area contributed by atoms with E-state index < -0.39 is 0 Å². The van der Waals surface area contributed by atoms with Crippen LogP contribution in [0, 0.1) is 13.8 Å². The summed E-state index contributed by atoms with van der Waals surface area (Å²) in [5.74, 6) is 0. The number of nitrogens with one attached hydrogen (secondary N) is 1. The molecule has 0 aliphatic rings. The Labute approximate surface area is 139 Å². The number of nitrogens with zero attached hydrogens (tertiary/aromatic N) is 1. The zero-order chi connectivity index (χ0) is 15.7. The lowest BCUT2D eigenvalue weighted by molar-refractivity contribution is 1.14. The zero-order valence-electron chi connectivity index (χ0n) is 13.1. The van der Waals surface area contributed by atoms with E-state index in [4.69, 9.17) is 0 Å². The van der Waals surface area contributed by atoms with Crippen LogP contribution in [0.1, 0.15) is 23.7 Å². The van der Waals surface area contributed by atoms with E-state index in [1.807, 2.05) is 13.0 Å². The Morgan fingerprint density at radius 3 is 2.59 bits per heavy atom. The largest absolute Gasteiger partial charge is 0.355 e. The monoisotopic (exact) mass is 354 g/mol. The van der Waals surface area contributed by atoms with Crippen molar-refractivity contribution in [3.8, 4) is 0 Å². The van der Waals surface area contributed by atoms with Gasteiger partial charge in [0.05, 0.1) is 5.52 Å². The topological polar surface area (TPSA) is 24.9 Å². The van der Waals surface area contributed by atoms with Crippen LogP contribution in [-0.2, 0) is 6.42 Å². The fraction of sp³-hybridized carbons (Fsp3) is 0.211. The average molecular weight is 355 g/mol. The maximum Gasteiger partial charge on any atom is 0.0726 e. The van der Waals surface area contributed by atoms with Crippen molar-refractivity contribution in [1.82, 2.24) is 4.98 Å². The molecule has 0 radical (unpaired) electrons. The molecule has 0 amide bonds. The summed E-state index contributed by atoms with van der Waals surface area (Å²) in [6, 6.07) is 14.9. The van der Waals surface area contributed by atoms with E-state index in [9.17, 15) is 0 Å². The Morgan fingerprint density at radius 2 is 1.82 bits per heavy atom. The summed E-state index contributed by atoms with van der Waals surface area (Å²) < 4.78 is 1.06. The van der Waals surface area contributed by atoms with Crippen molar-refractivity contribution >= 4 is 38.2 Å². The maximum absolute atomic E-state index is 4.62. The lowest BCUT2D eigenvalue weighted by Crippen LogP contribution is -1.98. The van der Waals surface area contributed by atoms with Crippen LogP contribution in [0.25, 0.3) is 10.9 Å². The quantitative estimate of drug-likeness (QED) is 0.631. The van der Waals surface area contributed by atoms with Gasteiger partial charge < -0.3 is 5.32 Å². The van der Waals surface area contributed by atoms with Crippen LogP contribution in [0.5, 0.6) is 0 Å². The van der Waals surface area contributed by atoms with E-state index >= 15 is 0 Å². The molecule has 0 bridgehead atoms. The number of anilines is 2. The molecule has 2 nitrogen and oxygen atoms in total. The molecule has 2 aromatic carbocycles. The Balaban J connectivity index is 2.14. The molecular formula is C19H19BrN2. The second kappa shape index (κ2) is 6.09. The molecule has 1 aromatic heterocycles. The molecule has 0 fully saturated rings. The third-order valence-electron chi connectivity index (χ3n) is 3.81. The normalized spacial score (nSPS) is 10.9. The van der Waals surface area contributed by atoms with Gasteiger partial charge in [-0.1, -0.05) is 35.0 Å². The molecule has 0 atom stereocenters. The summed E-state index contributed by atoms with van der Waals surface area (Å²) in [6.07, 6.45) is 1.01. The van der Waals surface area contributed by atoms with Crippen LogP contribution in [0.2, 0.25) is 0 Å². The number of hydrogen-bond donors (Lipinski definition) is 1. The minimum absolute atomic E-state index is 1.01. The van der Waals surface area contributed by atoms with Crippen LogP contribution in [0.3, 0.4) is 0 Å². The zero-order valence-corrected chi connectivity index (χ0v) is 14.7. The van der Waals surface area contributed by atoms with Crippen LogP contribution in [-0.4, -0.2) is 4.98 Å². The number of hydrogen-bond acceptors (Lipinski definition) is 2. The van der Waals surface area contributed by atoms with Crippen LogP contribution in [0.4, 0.5) is 11.4 Å². The number of halogens is 1. The Morgan fingerprint density at radius 1 is 1.00 bits per heavy atom. The molecule has 0 aliphatic carbocycles. The van der Waals surface area contributed by atoms with Crippen molar-refractivity contribution in [2.75, 3.05) is 5.32 Å². The Bertz CT molecular complexity index is 840. The van der Waals surface area contributed by atoms with Gasteiger partial charge in [0.15, 0.2) is 0 Å². The van der Waals surface area contributed by atoms with Crippen LogP contribution >= 0.6 is 15.9 Å². The van der Waals surface area contributed by atoms with Gasteiger partial charge in [0.25, 0.3) is 0 Å². The van der Waals surface area contributed by atoms with Crippen LogP contribution in [0.15, 0.2) is 46.9 Å². The molecule has 112 valence electrons. The highest BCUT2D eigenvalue weighted by Gasteiger charge is 2.08. The fourth-order valence-electron chi connectivity index (χ4n) is 2.69. The molecule has 0 spiro atoms. The Kier molecular flexibility index (Phi) is 4.16. The molecule has 1 heterocycles. The summed E-state index contributed by atoms with van der Waals surface area (Å²) in [7, 11) is 0. The maximum atomic E-state index is 4.62. The lowest BCUT2D eigenvalue weighted by Gasteiger charge is -2.15. The second-order valence-corrected chi connectivity index (χ2v) is 6.53. The molecule has 0 saturated heterocycles. The van der Waals surface area contributed by atoms with Crippen molar-refractivity contribution in [3.05, 3.63) is 63.8 Å². The number of pyridine rings is 1. The number of rotatable bonds is 3. The van der Waals surface area contributed by atoms with Gasteiger partial charge in [-0.25, -0.2) is 0 Å². The van der Waals surface area contributed by atoms with Gasteiger partial charge in [-0.15, -0.1) is 0 Å². The summed E-state index contributed by atoms with van der Waals surface area (Å²) in [5.41, 5.74) is 6.89. The molecule has 0 aliphatic heterocycles. The molecule has 22 heavy (non-hydrogen) atoms. The van der Waals surface area contributed by atoms with Gasteiger partial charge in [-0.05, 0) is 61.7 Å². The second-order valence-electron chi connectivity index (χ2n) is 5.61. The third kappa shape index (κ3) is 3.00. The molecule has 0 unspecified atom stereocenters. The highest BCUT2D eigenvalue weighted by atomic mass is 79.9. The molecule has 1 N–H and O–H groups in total. The van der Waals surface area contributed by atoms with Crippen molar-refractivity contribution in [1.29, 1.82) is 0 Å². The highest BCUT2D eigenvalue weighted by molar-refractivity contribution is 9.10. The minimum Gasteiger partial charge on any atom is -0.355 e. The van der Waals surface area contributed by atoms with Gasteiger partial charge in [-0.3, -0.25) is 4.98 Å². The van der Waals surface area contributed by atoms with Gasteiger partial charge in [0.2, 0.25) is 0 Å². The summed E-state index contributed by atoms with van der Waals surface area (Å²) in [5, 5.41) is 4.74. The number of aromatic nitrogens is 1. The highest BCUT2D eigenvalue weighted by Crippen LogP contribution is 2.30. The van der Waals surface area contributed by atoms with Gasteiger partial charge in [0.1, 0.15) is 0 Å². The first kappa shape index (κ1) is 15.0. The first-order valence-electron chi connectivity index (χ1n) is 7.50. The number of fused-ring (bicyclic) bond motifs is 1. The fourth-order valence-corrected chi connectivity index (χ4v) is 3.05. The van der Waals surface area contributed by atoms with Gasteiger partial charge >= 0.3 is 0 Å². The van der Waals surface area contributed by atoms with E-state index in [1.165, 1.54) is 16.8 Å². The third-order valence-corrected chi connectivity index (χ3v) is 4.31. The van der Waals surface area contributed by atoms with Crippen molar-refractivity contribution < 1.29 is 0 Å². The summed E-state index contributed by atoms with van der Waals surface area (Å²) >= 11 is 3.55. The lowest BCUT2D eigenvalue weighted by atomic mass is 10.1. The van der Waals surface area contributed by atoms with E-state index in [0.29, 0.717) is 0 Å². The smallest absolute Gasteiger partial charge is 0.0726 e. The average Bonchev–Trinajstić information content (AvgIpc) is 2.48. The summed E-state index contributed by atoms with van der Waals surface area (Å²) in [6.45, 7) is 6.34. The van der Waals surface area contributed by atoms with Crippen molar-refractivity contribution in [2.24, 2.45) is 0 Å². The molecular weight excluding hydrogens is 336 g/mol. The SMILES string of the molecule is CCc1ccc(C)cc1Nc1cc(C)nc2ccc(Br)cc12. The van der Waals surface area contributed by atoms with Crippen LogP contribution < -0.4 is 5.32 Å². The van der Waals surface area contributed by atoms with E-state index in [1.54, 1.807) is 0 Å². The van der Waals surface area contributed by atoms with E-state index in [-0.39, 0.29) is 0 Å². The molecule has 3 aromatic rings. The Hall–Kier alpha value is -1.87. The van der Waals surface area contributed by atoms with E-state index in [0.717, 1.165) is 33.2 Å². The van der Waals surface area contributed by atoms with Gasteiger partial charge in [0, 0.05) is 26.9 Å². The standard InChI is InChI=1S/C19H19BrN2/c1-4-14-6-5-12(2)9-18(14)22-19-10-13(3)21-17-8-7-15(20)11-16(17)19/h5-11H,4H2,1-3H3,(H,21,22). The van der Waals surface area contributed by atoms with Crippen molar-refractivity contribution in [3.63, 3.8) is 0 Å². The number of benzene rings is 2. The first-order valence-corrected chi connectivity index (χ1v) is 8.29. The first-order chi connectivity index (χ1) is 10.6. The van der Waals surface area contributed by atoms with Gasteiger partial charge in [-0.2, -0.15) is 0 Å². The van der Waals surface area contributed by atoms with E-state index in [2.05, 4.69) is 76.5 Å². The predicted molar refractivity (Wildman–Crippen MR) is 98.0 cm³/mol.